The quantitative estimate of drug-likeness (QED) is 0.810. The van der Waals surface area contributed by atoms with Gasteiger partial charge in [0.25, 0.3) is 5.91 Å². The lowest BCUT2D eigenvalue weighted by Crippen LogP contribution is -2.49. The van der Waals surface area contributed by atoms with Gasteiger partial charge in [-0.3, -0.25) is 9.69 Å². The molecule has 1 aliphatic rings. The molecule has 0 aliphatic carbocycles. The van der Waals surface area contributed by atoms with Gasteiger partial charge in [0, 0.05) is 38.0 Å². The number of nitrogens with zero attached hydrogens (tertiary/aromatic N) is 2. The Bertz CT molecular complexity index is 564. The molecule has 0 aromatic heterocycles. The van der Waals surface area contributed by atoms with Gasteiger partial charge in [-0.05, 0) is 25.1 Å². The molecule has 0 N–H and O–H groups in total. The number of carbonyl (C=O) groups is 1. The summed E-state index contributed by atoms with van der Waals surface area (Å²) in [5.74, 6) is 0.308. The number of piperazine rings is 1. The van der Waals surface area contributed by atoms with E-state index in [2.05, 4.69) is 4.90 Å². The Kier molecular flexibility index (Phi) is 5.36. The van der Waals surface area contributed by atoms with Crippen LogP contribution in [0.25, 0.3) is 0 Å². The van der Waals surface area contributed by atoms with Crippen LogP contribution in [0.1, 0.15) is 16.8 Å². The minimum Gasteiger partial charge on any atom is -0.336 e. The van der Waals surface area contributed by atoms with E-state index in [0.717, 1.165) is 25.2 Å². The van der Waals surface area contributed by atoms with Crippen LogP contribution in [-0.4, -0.2) is 68.9 Å². The fourth-order valence-electron chi connectivity index (χ4n) is 2.49. The van der Waals surface area contributed by atoms with E-state index < -0.39 is 9.84 Å². The first-order valence-corrected chi connectivity index (χ1v) is 9.26. The van der Waals surface area contributed by atoms with Gasteiger partial charge in [0.2, 0.25) is 0 Å². The molecule has 1 aliphatic heterocycles. The first kappa shape index (κ1) is 16.0. The van der Waals surface area contributed by atoms with E-state index in [1.54, 1.807) is 0 Å². The zero-order chi connectivity index (χ0) is 15.3. The predicted octanol–water partition coefficient (Wildman–Crippen LogP) is 0.879. The van der Waals surface area contributed by atoms with Crippen molar-refractivity contribution in [3.63, 3.8) is 0 Å². The van der Waals surface area contributed by atoms with Gasteiger partial charge in [0.1, 0.15) is 9.84 Å². The van der Waals surface area contributed by atoms with Crippen LogP contribution in [0.5, 0.6) is 0 Å². The third-order valence-electron chi connectivity index (χ3n) is 3.67. The minimum atomic E-state index is -2.88. The Labute approximate surface area is 126 Å². The maximum Gasteiger partial charge on any atom is 0.253 e. The highest BCUT2D eigenvalue weighted by Crippen LogP contribution is 2.09. The first-order chi connectivity index (χ1) is 9.96. The zero-order valence-electron chi connectivity index (χ0n) is 12.4. The van der Waals surface area contributed by atoms with Crippen LogP contribution in [0.2, 0.25) is 0 Å². The molecule has 0 radical (unpaired) electrons. The van der Waals surface area contributed by atoms with Crippen LogP contribution in [0.3, 0.4) is 0 Å². The Morgan fingerprint density at radius 2 is 1.71 bits per heavy atom. The van der Waals surface area contributed by atoms with E-state index in [0.29, 0.717) is 19.5 Å². The summed E-state index contributed by atoms with van der Waals surface area (Å²) in [6.07, 6.45) is 1.93. The summed E-state index contributed by atoms with van der Waals surface area (Å²) in [6, 6.07) is 9.31. The predicted molar refractivity (Wildman–Crippen MR) is 83.1 cm³/mol. The van der Waals surface area contributed by atoms with Crippen LogP contribution >= 0.6 is 0 Å². The van der Waals surface area contributed by atoms with Crippen molar-refractivity contribution in [3.8, 4) is 0 Å². The van der Waals surface area contributed by atoms with E-state index in [1.807, 2.05) is 35.2 Å². The van der Waals surface area contributed by atoms with Crippen molar-refractivity contribution < 1.29 is 13.2 Å². The van der Waals surface area contributed by atoms with Crippen molar-refractivity contribution in [2.75, 3.05) is 44.7 Å². The van der Waals surface area contributed by atoms with Gasteiger partial charge in [-0.15, -0.1) is 0 Å². The molecule has 0 unspecified atom stereocenters. The van der Waals surface area contributed by atoms with Gasteiger partial charge in [0.05, 0.1) is 5.75 Å². The third kappa shape index (κ3) is 5.13. The molecule has 1 amide bonds. The largest absolute Gasteiger partial charge is 0.336 e. The summed E-state index contributed by atoms with van der Waals surface area (Å²) in [6.45, 7) is 3.80. The fraction of sp³-hybridized carbons (Fsp3) is 0.533. The first-order valence-electron chi connectivity index (χ1n) is 7.20. The molecular weight excluding hydrogens is 288 g/mol. The topological polar surface area (TPSA) is 57.7 Å². The van der Waals surface area contributed by atoms with Crippen LogP contribution < -0.4 is 0 Å². The standard InChI is InChI=1S/C15H22N2O3S/c1-21(19,20)13-5-8-16-9-11-17(12-10-16)15(18)14-6-3-2-4-7-14/h2-4,6-7H,5,8-13H2,1H3. The van der Waals surface area contributed by atoms with Gasteiger partial charge in [-0.2, -0.15) is 0 Å². The Hall–Kier alpha value is -1.40. The molecule has 1 aromatic carbocycles. The van der Waals surface area contributed by atoms with Crippen molar-refractivity contribution in [2.45, 2.75) is 6.42 Å². The highest BCUT2D eigenvalue weighted by molar-refractivity contribution is 7.90. The van der Waals surface area contributed by atoms with Crippen LogP contribution in [0.15, 0.2) is 30.3 Å². The molecule has 21 heavy (non-hydrogen) atoms. The SMILES string of the molecule is CS(=O)(=O)CCCN1CCN(C(=O)c2ccccc2)CC1. The van der Waals surface area contributed by atoms with E-state index in [-0.39, 0.29) is 11.7 Å². The maximum atomic E-state index is 12.3. The second kappa shape index (κ2) is 7.04. The summed E-state index contributed by atoms with van der Waals surface area (Å²) in [5, 5.41) is 0. The van der Waals surface area contributed by atoms with Crippen molar-refractivity contribution in [2.24, 2.45) is 0 Å². The van der Waals surface area contributed by atoms with E-state index in [1.165, 1.54) is 6.26 Å². The van der Waals surface area contributed by atoms with Gasteiger partial charge in [-0.1, -0.05) is 18.2 Å². The number of hydrogen-bond acceptors (Lipinski definition) is 4. The Morgan fingerprint density at radius 1 is 1.10 bits per heavy atom. The molecule has 2 rings (SSSR count). The van der Waals surface area contributed by atoms with Gasteiger partial charge in [-0.25, -0.2) is 8.42 Å². The normalized spacial score (nSPS) is 16.9. The average molecular weight is 310 g/mol. The summed E-state index contributed by atoms with van der Waals surface area (Å²) in [5.41, 5.74) is 0.725. The summed E-state index contributed by atoms with van der Waals surface area (Å²) < 4.78 is 22.2. The molecule has 0 saturated carbocycles. The van der Waals surface area contributed by atoms with Gasteiger partial charge >= 0.3 is 0 Å². The Balaban J connectivity index is 1.77. The Morgan fingerprint density at radius 3 is 2.29 bits per heavy atom. The molecule has 1 heterocycles. The molecule has 5 nitrogen and oxygen atoms in total. The molecule has 0 spiro atoms. The number of benzene rings is 1. The second-order valence-electron chi connectivity index (χ2n) is 5.48. The van der Waals surface area contributed by atoms with Crippen molar-refractivity contribution in [1.29, 1.82) is 0 Å². The lowest BCUT2D eigenvalue weighted by atomic mass is 10.2. The lowest BCUT2D eigenvalue weighted by molar-refractivity contribution is 0.0638. The van der Waals surface area contributed by atoms with Crippen molar-refractivity contribution in [3.05, 3.63) is 35.9 Å². The van der Waals surface area contributed by atoms with Crippen LogP contribution in [0, 0.1) is 0 Å². The fourth-order valence-corrected chi connectivity index (χ4v) is 3.14. The molecular formula is C15H22N2O3S. The van der Waals surface area contributed by atoms with Crippen LogP contribution in [0.4, 0.5) is 0 Å². The molecule has 0 bridgehead atoms. The number of rotatable bonds is 5. The molecule has 1 aromatic rings. The lowest BCUT2D eigenvalue weighted by Gasteiger charge is -2.34. The van der Waals surface area contributed by atoms with Gasteiger partial charge in [0.15, 0.2) is 0 Å². The monoisotopic (exact) mass is 310 g/mol. The van der Waals surface area contributed by atoms with E-state index in [4.69, 9.17) is 0 Å². The molecule has 0 atom stereocenters. The van der Waals surface area contributed by atoms with E-state index >= 15 is 0 Å². The third-order valence-corrected chi connectivity index (χ3v) is 4.70. The summed E-state index contributed by atoms with van der Waals surface area (Å²) in [4.78, 5) is 16.4. The molecule has 6 heteroatoms. The van der Waals surface area contributed by atoms with Crippen LogP contribution in [-0.2, 0) is 9.84 Å². The maximum absolute atomic E-state index is 12.3. The number of amides is 1. The van der Waals surface area contributed by atoms with Crippen molar-refractivity contribution >= 4 is 15.7 Å². The van der Waals surface area contributed by atoms with Gasteiger partial charge < -0.3 is 4.90 Å². The smallest absolute Gasteiger partial charge is 0.253 e. The number of hydrogen-bond donors (Lipinski definition) is 0. The summed E-state index contributed by atoms with van der Waals surface area (Å²) >= 11 is 0. The number of carbonyl (C=O) groups excluding carboxylic acids is 1. The second-order valence-corrected chi connectivity index (χ2v) is 7.74. The highest BCUT2D eigenvalue weighted by atomic mass is 32.2. The number of sulfone groups is 1. The zero-order valence-corrected chi connectivity index (χ0v) is 13.2. The van der Waals surface area contributed by atoms with E-state index in [9.17, 15) is 13.2 Å². The molecule has 1 fully saturated rings. The minimum absolute atomic E-state index is 0.0754. The molecule has 1 saturated heterocycles. The molecule has 116 valence electrons. The van der Waals surface area contributed by atoms with Crippen molar-refractivity contribution in [1.82, 2.24) is 9.80 Å². The average Bonchev–Trinajstić information content (AvgIpc) is 2.47. The highest BCUT2D eigenvalue weighted by Gasteiger charge is 2.21. The summed E-state index contributed by atoms with van der Waals surface area (Å²) in [7, 11) is -2.88.